The van der Waals surface area contributed by atoms with E-state index in [1.165, 1.54) is 6.92 Å². The van der Waals surface area contributed by atoms with Gasteiger partial charge < -0.3 is 15.5 Å². The Morgan fingerprint density at radius 2 is 1.71 bits per heavy atom. The summed E-state index contributed by atoms with van der Waals surface area (Å²) in [6.45, 7) is 8.04. The SMILES string of the molecule is CC(=O)c1c(C)c2cnc(Nc3ccc(N4CCN(CCCNc5cccc6c5C(=O)N(C5CCC(=O)NC5=O)C6=O)CC4)cn3)nc2n(C2CCCC2)c1=O. The summed E-state index contributed by atoms with van der Waals surface area (Å²) in [7, 11) is 0. The summed E-state index contributed by atoms with van der Waals surface area (Å²) in [6, 6.07) is 7.98. The van der Waals surface area contributed by atoms with Crippen LogP contribution in [0.3, 0.4) is 0 Å². The van der Waals surface area contributed by atoms with E-state index in [2.05, 4.69) is 35.7 Å². The van der Waals surface area contributed by atoms with Gasteiger partial charge in [0.05, 0.1) is 28.6 Å². The van der Waals surface area contributed by atoms with Gasteiger partial charge in [-0.3, -0.25) is 48.5 Å². The maximum atomic E-state index is 13.5. The average Bonchev–Trinajstić information content (AvgIpc) is 3.80. The minimum Gasteiger partial charge on any atom is -0.384 e. The number of aromatic nitrogens is 4. The van der Waals surface area contributed by atoms with E-state index in [9.17, 15) is 28.8 Å². The molecule has 0 spiro atoms. The van der Waals surface area contributed by atoms with Crippen LogP contribution in [0.2, 0.25) is 0 Å². The number of piperidine rings is 1. The fourth-order valence-corrected chi connectivity index (χ4v) is 8.49. The van der Waals surface area contributed by atoms with E-state index < -0.39 is 29.7 Å². The molecular formula is C40H44N10O6. The summed E-state index contributed by atoms with van der Waals surface area (Å²) in [5, 5.41) is 9.45. The van der Waals surface area contributed by atoms with Crippen LogP contribution >= 0.6 is 0 Å². The smallest absolute Gasteiger partial charge is 0.264 e. The molecule has 1 atom stereocenters. The molecule has 3 aliphatic heterocycles. The van der Waals surface area contributed by atoms with Crippen LogP contribution in [-0.2, 0) is 9.59 Å². The van der Waals surface area contributed by atoms with E-state index in [1.807, 2.05) is 18.3 Å². The minimum atomic E-state index is -1.000. The van der Waals surface area contributed by atoms with Crippen molar-refractivity contribution in [1.82, 2.24) is 34.6 Å². The molecule has 1 unspecified atom stereocenters. The quantitative estimate of drug-likeness (QED) is 0.114. The second-order valence-electron chi connectivity index (χ2n) is 14.9. The van der Waals surface area contributed by atoms with Crippen molar-refractivity contribution in [3.8, 4) is 0 Å². The Hall–Kier alpha value is -6.03. The van der Waals surface area contributed by atoms with Gasteiger partial charge in [-0.1, -0.05) is 18.9 Å². The standard InChI is InChI=1S/C40H44N10O6/c1-23-28-22-43-40(46-35(28)49(25-7-3-4-8-25)38(55)33(23)24(2)51)44-31-13-11-26(21-42-31)48-19-17-47(18-20-48)16-6-15-41-29-10-5-9-27-34(29)39(56)50(37(27)54)30-12-14-32(52)45-36(30)53/h5,9-11,13,21-22,25,30,41H,3-4,6-8,12,14-20H2,1-2H3,(H,45,52,53)(H,42,43,44,46). The van der Waals surface area contributed by atoms with E-state index in [-0.39, 0.29) is 46.9 Å². The Morgan fingerprint density at radius 3 is 2.43 bits per heavy atom. The number of piperazine rings is 1. The largest absolute Gasteiger partial charge is 0.384 e. The predicted molar refractivity (Wildman–Crippen MR) is 208 cm³/mol. The number of nitrogens with zero attached hydrogens (tertiary/aromatic N) is 7. The number of carbonyl (C=O) groups is 5. The molecular weight excluding hydrogens is 717 g/mol. The van der Waals surface area contributed by atoms with Crippen molar-refractivity contribution < 1.29 is 24.0 Å². The number of aryl methyl sites for hydroxylation is 1. The van der Waals surface area contributed by atoms with Crippen LogP contribution in [0, 0.1) is 6.92 Å². The zero-order chi connectivity index (χ0) is 39.1. The summed E-state index contributed by atoms with van der Waals surface area (Å²) in [6.07, 6.45) is 8.31. The van der Waals surface area contributed by atoms with Gasteiger partial charge >= 0.3 is 0 Å². The maximum absolute atomic E-state index is 13.5. The Bertz CT molecular complexity index is 2310. The topological polar surface area (TPSA) is 192 Å². The normalized spacial score (nSPS) is 19.1. The van der Waals surface area contributed by atoms with Gasteiger partial charge in [0.15, 0.2) is 5.78 Å². The molecule has 16 nitrogen and oxygen atoms in total. The first-order chi connectivity index (χ1) is 27.1. The van der Waals surface area contributed by atoms with E-state index in [0.717, 1.165) is 75.4 Å². The number of hydrogen-bond acceptors (Lipinski definition) is 13. The molecule has 1 aromatic carbocycles. The van der Waals surface area contributed by atoms with Gasteiger partial charge in [0.1, 0.15) is 17.5 Å². The van der Waals surface area contributed by atoms with Crippen molar-refractivity contribution in [3.63, 3.8) is 0 Å². The first-order valence-corrected chi connectivity index (χ1v) is 19.3. The molecule has 290 valence electrons. The predicted octanol–water partition coefficient (Wildman–Crippen LogP) is 3.58. The van der Waals surface area contributed by atoms with Gasteiger partial charge in [0.25, 0.3) is 17.4 Å². The summed E-state index contributed by atoms with van der Waals surface area (Å²) < 4.78 is 1.70. The van der Waals surface area contributed by atoms with E-state index in [1.54, 1.807) is 35.9 Å². The molecule has 16 heteroatoms. The zero-order valence-corrected chi connectivity index (χ0v) is 31.5. The number of imide groups is 2. The lowest BCUT2D eigenvalue weighted by Gasteiger charge is -2.36. The highest BCUT2D eigenvalue weighted by Crippen LogP contribution is 2.34. The van der Waals surface area contributed by atoms with Crippen molar-refractivity contribution in [2.24, 2.45) is 0 Å². The zero-order valence-electron chi connectivity index (χ0n) is 31.5. The van der Waals surface area contributed by atoms with Crippen molar-refractivity contribution in [2.75, 3.05) is 54.8 Å². The lowest BCUT2D eigenvalue weighted by molar-refractivity contribution is -0.136. The summed E-state index contributed by atoms with van der Waals surface area (Å²) in [5.41, 5.74) is 3.13. The molecule has 0 bridgehead atoms. The van der Waals surface area contributed by atoms with Gasteiger partial charge in [-0.25, -0.2) is 9.97 Å². The molecule has 0 radical (unpaired) electrons. The monoisotopic (exact) mass is 760 g/mol. The maximum Gasteiger partial charge on any atom is 0.264 e. The Kier molecular flexibility index (Phi) is 10.1. The van der Waals surface area contributed by atoms with Crippen molar-refractivity contribution in [1.29, 1.82) is 0 Å². The number of Topliss-reactive ketones (excluding diaryl/α,β-unsaturated/α-hetero) is 1. The summed E-state index contributed by atoms with van der Waals surface area (Å²) in [5.74, 6) is -1.43. The van der Waals surface area contributed by atoms with Crippen LogP contribution in [0.4, 0.5) is 23.1 Å². The third-order valence-corrected chi connectivity index (χ3v) is 11.4. The average molecular weight is 761 g/mol. The molecule has 3 aromatic heterocycles. The number of fused-ring (bicyclic) bond motifs is 2. The molecule has 2 saturated heterocycles. The fraction of sp³-hybridized carbons (Fsp3) is 0.425. The van der Waals surface area contributed by atoms with Crippen LogP contribution in [0.15, 0.2) is 47.5 Å². The number of nitrogens with one attached hydrogen (secondary N) is 3. The first kappa shape index (κ1) is 36.9. The van der Waals surface area contributed by atoms with Crippen molar-refractivity contribution in [3.05, 3.63) is 75.3 Å². The molecule has 1 saturated carbocycles. The number of pyridine rings is 2. The molecule has 4 aromatic rings. The second-order valence-corrected chi connectivity index (χ2v) is 14.9. The fourth-order valence-electron chi connectivity index (χ4n) is 8.49. The lowest BCUT2D eigenvalue weighted by atomic mass is 10.0. The number of ketones is 1. The van der Waals surface area contributed by atoms with Crippen LogP contribution < -0.4 is 26.4 Å². The van der Waals surface area contributed by atoms with Gasteiger partial charge in [-0.05, 0) is 75.9 Å². The van der Waals surface area contributed by atoms with Gasteiger partial charge in [0.2, 0.25) is 17.8 Å². The number of rotatable bonds is 11. The van der Waals surface area contributed by atoms with Gasteiger partial charge in [0, 0.05) is 62.5 Å². The van der Waals surface area contributed by atoms with Crippen LogP contribution in [0.1, 0.15) is 94.5 Å². The molecule has 56 heavy (non-hydrogen) atoms. The highest BCUT2D eigenvalue weighted by molar-refractivity contribution is 6.25. The highest BCUT2D eigenvalue weighted by Gasteiger charge is 2.45. The van der Waals surface area contributed by atoms with E-state index in [4.69, 9.17) is 4.98 Å². The summed E-state index contributed by atoms with van der Waals surface area (Å²) >= 11 is 0. The van der Waals surface area contributed by atoms with Gasteiger partial charge in [-0.15, -0.1) is 0 Å². The molecule has 4 amide bonds. The van der Waals surface area contributed by atoms with Crippen molar-refractivity contribution >= 4 is 63.6 Å². The third kappa shape index (κ3) is 6.89. The molecule has 8 rings (SSSR count). The second kappa shape index (κ2) is 15.2. The van der Waals surface area contributed by atoms with Crippen LogP contribution in [-0.4, -0.2) is 104 Å². The Balaban J connectivity index is 0.843. The number of benzene rings is 1. The summed E-state index contributed by atoms with van der Waals surface area (Å²) in [4.78, 5) is 96.2. The molecule has 6 heterocycles. The molecule has 4 aliphatic rings. The Labute approximate surface area is 322 Å². The third-order valence-electron chi connectivity index (χ3n) is 11.4. The lowest BCUT2D eigenvalue weighted by Crippen LogP contribution is -2.54. The van der Waals surface area contributed by atoms with Crippen LogP contribution in [0.25, 0.3) is 11.0 Å². The molecule has 3 fully saturated rings. The van der Waals surface area contributed by atoms with Gasteiger partial charge in [-0.2, -0.15) is 4.98 Å². The van der Waals surface area contributed by atoms with E-state index >= 15 is 0 Å². The first-order valence-electron chi connectivity index (χ1n) is 19.3. The molecule has 3 N–H and O–H groups in total. The number of carbonyl (C=O) groups excluding carboxylic acids is 5. The minimum absolute atomic E-state index is 0.00206. The highest BCUT2D eigenvalue weighted by atomic mass is 16.2. The van der Waals surface area contributed by atoms with Crippen molar-refractivity contribution in [2.45, 2.75) is 70.9 Å². The molecule has 1 aliphatic carbocycles. The van der Waals surface area contributed by atoms with Crippen LogP contribution in [0.5, 0.6) is 0 Å². The van der Waals surface area contributed by atoms with E-state index in [0.29, 0.717) is 40.6 Å². The number of hydrogen-bond donors (Lipinski definition) is 3. The Morgan fingerprint density at radius 1 is 0.929 bits per heavy atom. The number of anilines is 4. The number of amides is 4.